The van der Waals surface area contributed by atoms with Crippen LogP contribution in [0, 0.1) is 22.8 Å². The van der Waals surface area contributed by atoms with Crippen LogP contribution < -0.4 is 30.7 Å². The molecule has 1 aliphatic heterocycles. The van der Waals surface area contributed by atoms with E-state index in [9.17, 15) is 24.4 Å². The minimum atomic E-state index is -1.39. The molecule has 0 spiro atoms. The third-order valence-corrected chi connectivity index (χ3v) is 11.0. The van der Waals surface area contributed by atoms with Gasteiger partial charge < -0.3 is 35.1 Å². The molecule has 292 valence electrons. The molecule has 3 aromatic rings. The quantitative estimate of drug-likeness (QED) is 0.105. The van der Waals surface area contributed by atoms with Crippen molar-refractivity contribution in [3.63, 3.8) is 0 Å². The number of pyridine rings is 1. The fourth-order valence-electron chi connectivity index (χ4n) is 6.90. The Hall–Kier alpha value is -5.43. The van der Waals surface area contributed by atoms with E-state index in [-0.39, 0.29) is 31.5 Å². The Balaban J connectivity index is 1.34. The molecule has 4 N–H and O–H groups in total. The van der Waals surface area contributed by atoms with Crippen molar-refractivity contribution in [1.82, 2.24) is 30.8 Å². The van der Waals surface area contributed by atoms with Gasteiger partial charge in [0.05, 0.1) is 24.9 Å². The summed E-state index contributed by atoms with van der Waals surface area (Å²) in [7, 11) is 1.57. The minimum absolute atomic E-state index is 0.0143. The maximum atomic E-state index is 14.6. The molecule has 0 radical (unpaired) electrons. The number of methoxy groups -OCH3 is 1. The number of ether oxygens (including phenoxy) is 3. The molecular weight excluding hydrogens is 725 g/mol. The largest absolute Gasteiger partial charge is 0.497 e. The van der Waals surface area contributed by atoms with E-state index in [1.807, 2.05) is 46.1 Å². The summed E-state index contributed by atoms with van der Waals surface area (Å²) in [5.41, 5.74) is -0.378. The van der Waals surface area contributed by atoms with Gasteiger partial charge in [-0.2, -0.15) is 5.26 Å². The molecule has 6 rings (SSSR count). The Kier molecular flexibility index (Phi) is 11.2. The highest BCUT2D eigenvalue weighted by atomic mass is 32.1. The third-order valence-electron chi connectivity index (χ3n) is 10.2. The zero-order valence-corrected chi connectivity index (χ0v) is 32.7. The first-order valence-corrected chi connectivity index (χ1v) is 19.3. The average molecular weight is 773 g/mol. The number of carbonyl (C=O) groups is 4. The van der Waals surface area contributed by atoms with Crippen LogP contribution in [0.15, 0.2) is 42.3 Å². The molecular formula is C39H48N8O7S. The summed E-state index contributed by atoms with van der Waals surface area (Å²) >= 11 is 1.46. The van der Waals surface area contributed by atoms with E-state index < -0.39 is 58.9 Å². The van der Waals surface area contributed by atoms with Crippen molar-refractivity contribution < 1.29 is 33.4 Å². The first kappa shape index (κ1) is 39.3. The zero-order valence-electron chi connectivity index (χ0n) is 31.9. The highest BCUT2D eigenvalue weighted by molar-refractivity contribution is 7.14. The van der Waals surface area contributed by atoms with Gasteiger partial charge >= 0.3 is 6.09 Å². The Morgan fingerprint density at radius 3 is 2.51 bits per heavy atom. The predicted octanol–water partition coefficient (Wildman–Crippen LogP) is 4.89. The molecule has 15 nitrogen and oxygen atoms in total. The molecule has 3 aliphatic rings. The second-order valence-electron chi connectivity index (χ2n) is 15.7. The number of aromatic nitrogens is 2. The van der Waals surface area contributed by atoms with Crippen molar-refractivity contribution in [1.29, 1.82) is 5.26 Å². The monoisotopic (exact) mass is 772 g/mol. The predicted molar refractivity (Wildman–Crippen MR) is 206 cm³/mol. The second-order valence-corrected chi connectivity index (χ2v) is 16.5. The first-order chi connectivity index (χ1) is 26.1. The van der Waals surface area contributed by atoms with E-state index in [2.05, 4.69) is 27.8 Å². The number of hydrogen-bond acceptors (Lipinski definition) is 12. The van der Waals surface area contributed by atoms with Crippen molar-refractivity contribution in [3.8, 4) is 29.1 Å². The van der Waals surface area contributed by atoms with Gasteiger partial charge in [0.2, 0.25) is 11.8 Å². The fraction of sp³-hybridized carbons (Fsp3) is 0.513. The number of fused-ring (bicyclic) bond motifs is 1. The number of nitrogens with one attached hydrogen (secondary N) is 4. The Morgan fingerprint density at radius 1 is 1.13 bits per heavy atom. The molecule has 3 heterocycles. The lowest BCUT2D eigenvalue weighted by Gasteiger charge is -2.36. The molecule has 5 atom stereocenters. The van der Waals surface area contributed by atoms with E-state index in [1.165, 1.54) is 16.2 Å². The van der Waals surface area contributed by atoms with E-state index in [0.717, 1.165) is 24.4 Å². The summed E-state index contributed by atoms with van der Waals surface area (Å²) in [4.78, 5) is 65.9. The van der Waals surface area contributed by atoms with Gasteiger partial charge in [0.15, 0.2) is 11.3 Å². The van der Waals surface area contributed by atoms with Crippen LogP contribution in [0.3, 0.4) is 0 Å². The van der Waals surface area contributed by atoms with Gasteiger partial charge in [0.1, 0.15) is 47.0 Å². The van der Waals surface area contributed by atoms with Crippen LogP contribution in [0.4, 0.5) is 9.93 Å². The molecule has 16 heteroatoms. The van der Waals surface area contributed by atoms with Crippen LogP contribution >= 0.6 is 11.3 Å². The number of rotatable bonds is 13. The fourth-order valence-corrected chi connectivity index (χ4v) is 7.75. The van der Waals surface area contributed by atoms with Gasteiger partial charge in [-0.15, -0.1) is 17.9 Å². The molecule has 3 fully saturated rings. The smallest absolute Gasteiger partial charge is 0.408 e. The number of nitrogens with zero attached hydrogens (tertiary/aromatic N) is 4. The lowest BCUT2D eigenvalue weighted by molar-refractivity contribution is -0.143. The summed E-state index contributed by atoms with van der Waals surface area (Å²) in [6, 6.07) is 5.24. The van der Waals surface area contributed by atoms with Gasteiger partial charge in [-0.05, 0) is 57.1 Å². The molecule has 0 bridgehead atoms. The summed E-state index contributed by atoms with van der Waals surface area (Å²) in [5, 5.41) is 23.6. The van der Waals surface area contributed by atoms with Crippen LogP contribution in [-0.4, -0.2) is 88.2 Å². The van der Waals surface area contributed by atoms with Crippen molar-refractivity contribution in [2.45, 2.75) is 103 Å². The molecule has 2 aliphatic carbocycles. The van der Waals surface area contributed by atoms with E-state index in [4.69, 9.17) is 24.2 Å². The molecule has 2 saturated carbocycles. The Bertz CT molecular complexity index is 2020. The van der Waals surface area contributed by atoms with Gasteiger partial charge in [-0.1, -0.05) is 26.8 Å². The number of nitriles is 1. The molecule has 4 amide bonds. The Morgan fingerprint density at radius 2 is 1.89 bits per heavy atom. The summed E-state index contributed by atoms with van der Waals surface area (Å²) in [5.74, 6) is -1.12. The lowest BCUT2D eigenvalue weighted by atomic mass is 9.85. The first-order valence-electron chi connectivity index (χ1n) is 18.4. The van der Waals surface area contributed by atoms with Gasteiger partial charge in [-0.3, -0.25) is 19.7 Å². The van der Waals surface area contributed by atoms with Gasteiger partial charge in [-0.25, -0.2) is 14.8 Å². The number of benzene rings is 1. The van der Waals surface area contributed by atoms with Crippen LogP contribution in [-0.2, 0) is 19.1 Å². The number of amides is 4. The van der Waals surface area contributed by atoms with Gasteiger partial charge in [0, 0.05) is 41.3 Å². The molecule has 2 aromatic heterocycles. The lowest BCUT2D eigenvalue weighted by Crippen LogP contribution is -2.60. The summed E-state index contributed by atoms with van der Waals surface area (Å²) in [6.45, 7) is 13.3. The number of likely N-dealkylation sites (tertiary alicyclic amines) is 1. The number of thiazole rings is 1. The molecule has 1 saturated heterocycles. The highest BCUT2D eigenvalue weighted by Gasteiger charge is 2.61. The van der Waals surface area contributed by atoms with Crippen molar-refractivity contribution in [3.05, 3.63) is 42.3 Å². The Labute approximate surface area is 324 Å². The van der Waals surface area contributed by atoms with E-state index in [0.29, 0.717) is 33.8 Å². The second kappa shape index (κ2) is 15.7. The third kappa shape index (κ3) is 8.46. The number of alkyl carbamates (subject to hydrolysis) is 1. The van der Waals surface area contributed by atoms with Crippen LogP contribution in [0.5, 0.6) is 11.5 Å². The van der Waals surface area contributed by atoms with E-state index >= 15 is 0 Å². The SMILES string of the molecule is C=CC1C[C@]1(NC(=O)[C@@H]1C[C@@H](Oc2cc(-c3csc(NC(C)C)n3)nc3cc(OC)ccc23)CN1C(=O)[C@H](NC(=O)OC1CCC1)C(C)(C)C)C(=O)NC#N. The van der Waals surface area contributed by atoms with Crippen LogP contribution in [0.1, 0.15) is 66.7 Å². The average Bonchev–Trinajstić information content (AvgIpc) is 3.39. The highest BCUT2D eigenvalue weighted by Crippen LogP contribution is 2.45. The number of carbonyl (C=O) groups excluding carboxylic acids is 4. The summed E-state index contributed by atoms with van der Waals surface area (Å²) in [6.07, 6.45) is 4.39. The zero-order chi connectivity index (χ0) is 39.7. The van der Waals surface area contributed by atoms with Crippen LogP contribution in [0.25, 0.3) is 22.3 Å². The summed E-state index contributed by atoms with van der Waals surface area (Å²) < 4.78 is 17.7. The van der Waals surface area contributed by atoms with Crippen LogP contribution in [0.2, 0.25) is 0 Å². The number of hydrogen-bond donors (Lipinski definition) is 4. The topological polar surface area (TPSA) is 197 Å². The maximum Gasteiger partial charge on any atom is 0.408 e. The standard InChI is InChI=1S/C39H48N8O7S/c1-8-22-17-39(22,35(50)41-20-40)46-33(48)30-15-25(18-47(30)34(49)32(38(4,5)6)45-37(51)54-23-10-9-11-23)53-31-16-28(29-19-55-36(44-29)42-21(2)3)43-27-14-24(52-7)12-13-26(27)31/h8,12-14,16,19,21-23,25,30,32H,1,9-11,15,17-18H2,2-7H3,(H,41,50)(H,42,44)(H,45,51)(H,46,48)/t22?,25-,30+,32+,39-/m1/s1. The molecule has 1 aromatic carbocycles. The minimum Gasteiger partial charge on any atom is -0.497 e. The van der Waals surface area contributed by atoms with E-state index in [1.54, 1.807) is 37.6 Å². The molecule has 1 unspecified atom stereocenters. The molecule has 55 heavy (non-hydrogen) atoms. The maximum absolute atomic E-state index is 14.6. The van der Waals surface area contributed by atoms with Crippen molar-refractivity contribution >= 4 is 51.2 Å². The van der Waals surface area contributed by atoms with Crippen molar-refractivity contribution in [2.24, 2.45) is 11.3 Å². The van der Waals surface area contributed by atoms with Crippen molar-refractivity contribution in [2.75, 3.05) is 19.0 Å². The number of anilines is 1. The van der Waals surface area contributed by atoms with Gasteiger partial charge in [0.25, 0.3) is 5.91 Å². The normalized spacial score (nSPS) is 22.5.